The van der Waals surface area contributed by atoms with Crippen molar-refractivity contribution in [3.05, 3.63) is 28.2 Å². The first-order valence-electron chi connectivity index (χ1n) is 8.01. The summed E-state index contributed by atoms with van der Waals surface area (Å²) in [7, 11) is 0. The molecule has 128 valence electrons. The maximum Gasteiger partial charge on any atom is 0.410 e. The van der Waals surface area contributed by atoms with Gasteiger partial charge in [-0.15, -0.1) is 0 Å². The second-order valence-corrected chi connectivity index (χ2v) is 7.81. The van der Waals surface area contributed by atoms with E-state index < -0.39 is 5.60 Å². The number of carbonyl (C=O) groups excluding carboxylic acids is 1. The fourth-order valence-electron chi connectivity index (χ4n) is 2.62. The van der Waals surface area contributed by atoms with Crippen molar-refractivity contribution >= 4 is 27.7 Å². The highest BCUT2D eigenvalue weighted by Gasteiger charge is 2.26. The number of hydrogen-bond donors (Lipinski definition) is 2. The van der Waals surface area contributed by atoms with E-state index in [1.165, 1.54) is 0 Å². The van der Waals surface area contributed by atoms with Crippen LogP contribution in [0.2, 0.25) is 0 Å². The molecular weight excluding hydrogens is 358 g/mol. The van der Waals surface area contributed by atoms with Crippen LogP contribution < -0.4 is 11.1 Å². The fraction of sp³-hybridized carbons (Fsp3) is 0.588. The summed E-state index contributed by atoms with van der Waals surface area (Å²) < 4.78 is 6.46. The van der Waals surface area contributed by atoms with Crippen LogP contribution >= 0.6 is 15.9 Å². The van der Waals surface area contributed by atoms with E-state index >= 15 is 0 Å². The van der Waals surface area contributed by atoms with E-state index in [2.05, 4.69) is 21.2 Å². The molecule has 1 aliphatic heterocycles. The van der Waals surface area contributed by atoms with Gasteiger partial charge in [0.15, 0.2) is 0 Å². The van der Waals surface area contributed by atoms with Gasteiger partial charge in [0.25, 0.3) is 0 Å². The summed E-state index contributed by atoms with van der Waals surface area (Å²) in [6.07, 6.45) is 1.58. The molecule has 2 rings (SSSR count). The van der Waals surface area contributed by atoms with Gasteiger partial charge in [-0.25, -0.2) is 4.79 Å². The number of ether oxygens (including phenoxy) is 1. The van der Waals surface area contributed by atoms with Crippen LogP contribution in [-0.2, 0) is 11.3 Å². The SMILES string of the molecule is CC(C)(C)OC(=O)N1CCC(Nc2ccc(Br)cc2CN)CC1. The Bertz CT molecular complexity index is 549. The normalized spacial score (nSPS) is 16.3. The zero-order valence-electron chi connectivity index (χ0n) is 14.1. The third kappa shape index (κ3) is 5.39. The van der Waals surface area contributed by atoms with Crippen molar-refractivity contribution in [1.29, 1.82) is 0 Å². The van der Waals surface area contributed by atoms with Gasteiger partial charge in [0.05, 0.1) is 0 Å². The molecule has 0 atom stereocenters. The predicted octanol–water partition coefficient (Wildman–Crippen LogP) is 3.72. The lowest BCUT2D eigenvalue weighted by Crippen LogP contribution is -2.44. The number of piperidine rings is 1. The highest BCUT2D eigenvalue weighted by Crippen LogP contribution is 2.24. The predicted molar refractivity (Wildman–Crippen MR) is 96.5 cm³/mol. The Morgan fingerprint density at radius 2 is 2.04 bits per heavy atom. The third-order valence-corrected chi connectivity index (χ3v) is 4.29. The number of rotatable bonds is 3. The van der Waals surface area contributed by atoms with Crippen molar-refractivity contribution in [2.24, 2.45) is 5.73 Å². The largest absolute Gasteiger partial charge is 0.444 e. The van der Waals surface area contributed by atoms with Crippen molar-refractivity contribution in [3.8, 4) is 0 Å². The van der Waals surface area contributed by atoms with Crippen LogP contribution in [0.1, 0.15) is 39.2 Å². The minimum atomic E-state index is -0.445. The number of nitrogens with zero attached hydrogens (tertiary/aromatic N) is 1. The summed E-state index contributed by atoms with van der Waals surface area (Å²) in [5.41, 5.74) is 7.54. The molecule has 5 nitrogen and oxygen atoms in total. The monoisotopic (exact) mass is 383 g/mol. The van der Waals surface area contributed by atoms with Gasteiger partial charge >= 0.3 is 6.09 Å². The van der Waals surface area contributed by atoms with Crippen LogP contribution in [0, 0.1) is 0 Å². The first-order valence-corrected chi connectivity index (χ1v) is 8.81. The summed E-state index contributed by atoms with van der Waals surface area (Å²) in [6.45, 7) is 7.59. The average molecular weight is 384 g/mol. The Kier molecular flexibility index (Phi) is 5.92. The molecule has 1 heterocycles. The van der Waals surface area contributed by atoms with E-state index in [0.29, 0.717) is 25.7 Å². The summed E-state index contributed by atoms with van der Waals surface area (Å²) in [6, 6.07) is 6.45. The van der Waals surface area contributed by atoms with Crippen LogP contribution in [0.4, 0.5) is 10.5 Å². The van der Waals surface area contributed by atoms with Gasteiger partial charge in [0.1, 0.15) is 5.60 Å². The minimum Gasteiger partial charge on any atom is -0.444 e. The molecule has 0 radical (unpaired) electrons. The maximum atomic E-state index is 12.1. The molecule has 0 saturated carbocycles. The van der Waals surface area contributed by atoms with Crippen molar-refractivity contribution < 1.29 is 9.53 Å². The van der Waals surface area contributed by atoms with E-state index in [4.69, 9.17) is 10.5 Å². The van der Waals surface area contributed by atoms with Crippen LogP contribution in [-0.4, -0.2) is 35.7 Å². The number of hydrogen-bond acceptors (Lipinski definition) is 4. The first kappa shape index (κ1) is 18.1. The Morgan fingerprint density at radius 3 is 2.61 bits per heavy atom. The second-order valence-electron chi connectivity index (χ2n) is 6.89. The van der Waals surface area contributed by atoms with E-state index in [0.717, 1.165) is 28.6 Å². The van der Waals surface area contributed by atoms with Crippen molar-refractivity contribution in [3.63, 3.8) is 0 Å². The maximum absolute atomic E-state index is 12.1. The van der Waals surface area contributed by atoms with Gasteiger partial charge in [-0.3, -0.25) is 0 Å². The van der Waals surface area contributed by atoms with Gasteiger partial charge in [0.2, 0.25) is 0 Å². The number of nitrogens with one attached hydrogen (secondary N) is 1. The van der Waals surface area contributed by atoms with Crippen LogP contribution in [0.15, 0.2) is 22.7 Å². The molecule has 1 saturated heterocycles. The van der Waals surface area contributed by atoms with Crippen LogP contribution in [0.25, 0.3) is 0 Å². The topological polar surface area (TPSA) is 67.6 Å². The zero-order chi connectivity index (χ0) is 17.0. The third-order valence-electron chi connectivity index (χ3n) is 3.79. The number of anilines is 1. The van der Waals surface area contributed by atoms with Crippen LogP contribution in [0.3, 0.4) is 0 Å². The van der Waals surface area contributed by atoms with Crippen molar-refractivity contribution in [2.75, 3.05) is 18.4 Å². The standard InChI is InChI=1S/C17H26BrN3O2/c1-17(2,3)23-16(22)21-8-6-14(7-9-21)20-15-5-4-13(18)10-12(15)11-19/h4-5,10,14,20H,6-9,11,19H2,1-3H3. The highest BCUT2D eigenvalue weighted by atomic mass is 79.9. The van der Waals surface area contributed by atoms with Crippen molar-refractivity contribution in [2.45, 2.75) is 51.8 Å². The molecule has 6 heteroatoms. The molecule has 0 bridgehead atoms. The van der Waals surface area contributed by atoms with Gasteiger partial charge in [-0.05, 0) is 57.4 Å². The molecule has 0 spiro atoms. The highest BCUT2D eigenvalue weighted by molar-refractivity contribution is 9.10. The number of benzene rings is 1. The van der Waals surface area contributed by atoms with E-state index in [1.54, 1.807) is 4.90 Å². The molecule has 1 aromatic rings. The number of likely N-dealkylation sites (tertiary alicyclic amines) is 1. The quantitative estimate of drug-likeness (QED) is 0.834. The van der Waals surface area contributed by atoms with Crippen LogP contribution in [0.5, 0.6) is 0 Å². The van der Waals surface area contributed by atoms with Gasteiger partial charge < -0.3 is 20.7 Å². The van der Waals surface area contributed by atoms with E-state index in [9.17, 15) is 4.79 Å². The number of halogens is 1. The first-order chi connectivity index (χ1) is 10.8. The van der Waals surface area contributed by atoms with Gasteiger partial charge in [-0.1, -0.05) is 15.9 Å². The zero-order valence-corrected chi connectivity index (χ0v) is 15.6. The minimum absolute atomic E-state index is 0.220. The molecule has 0 aliphatic carbocycles. The molecule has 1 amide bonds. The molecule has 3 N–H and O–H groups in total. The van der Waals surface area contributed by atoms with Crippen molar-refractivity contribution in [1.82, 2.24) is 4.90 Å². The number of amides is 1. The fourth-order valence-corrected chi connectivity index (χ4v) is 3.03. The molecule has 0 unspecified atom stereocenters. The van der Waals surface area contributed by atoms with Gasteiger partial charge in [-0.2, -0.15) is 0 Å². The molecule has 1 aliphatic rings. The Hall–Kier alpha value is -1.27. The molecular formula is C17H26BrN3O2. The Balaban J connectivity index is 1.89. The summed E-state index contributed by atoms with van der Waals surface area (Å²) in [5, 5.41) is 3.56. The molecule has 1 fully saturated rings. The lowest BCUT2D eigenvalue weighted by Gasteiger charge is -2.34. The lowest BCUT2D eigenvalue weighted by molar-refractivity contribution is 0.0210. The summed E-state index contributed by atoms with van der Waals surface area (Å²) >= 11 is 3.47. The van der Waals surface area contributed by atoms with E-state index in [1.807, 2.05) is 39.0 Å². The second kappa shape index (κ2) is 7.53. The van der Waals surface area contributed by atoms with Gasteiger partial charge in [0, 0.05) is 35.8 Å². The lowest BCUT2D eigenvalue weighted by atomic mass is 10.0. The Labute approximate surface area is 146 Å². The smallest absolute Gasteiger partial charge is 0.410 e. The average Bonchev–Trinajstić information content (AvgIpc) is 2.48. The number of nitrogens with two attached hydrogens (primary N) is 1. The molecule has 0 aromatic heterocycles. The Morgan fingerprint density at radius 1 is 1.39 bits per heavy atom. The molecule has 1 aromatic carbocycles. The summed E-state index contributed by atoms with van der Waals surface area (Å²) in [5.74, 6) is 0. The number of carbonyl (C=O) groups is 1. The molecule has 23 heavy (non-hydrogen) atoms. The summed E-state index contributed by atoms with van der Waals surface area (Å²) in [4.78, 5) is 13.9. The van der Waals surface area contributed by atoms with E-state index in [-0.39, 0.29) is 6.09 Å².